The van der Waals surface area contributed by atoms with Gasteiger partial charge in [0.15, 0.2) is 0 Å². The van der Waals surface area contributed by atoms with Gasteiger partial charge in [0.05, 0.1) is 0 Å². The number of aryl methyl sites for hydroxylation is 2. The fourth-order valence-corrected chi connectivity index (χ4v) is 6.12. The second-order valence-electron chi connectivity index (χ2n) is 10.3. The highest BCUT2D eigenvalue weighted by Gasteiger charge is 2.19. The van der Waals surface area contributed by atoms with Gasteiger partial charge in [-0.15, -0.1) is 0 Å². The smallest absolute Gasteiger partial charge is 0.0334 e. The molecule has 1 nitrogen and oxygen atoms in total. The largest absolute Gasteiger partial charge is 0.387 e. The Kier molecular flexibility index (Phi) is 5.37. The molecule has 0 spiro atoms. The molecule has 0 saturated heterocycles. The third-order valence-corrected chi connectivity index (χ3v) is 7.94. The standard InChI is InChI=1S/C37H29N/c1-24-22-35(25(2)21-34(24)27-17-19-38-20-18-27)37-32-13-7-5-11-30(32)36(31-12-6-8-14-33(31)37)29-16-15-26-9-3-4-10-28(26)23-29/h3-19,21-23,38H,20H2,1-2H3. The minimum absolute atomic E-state index is 0.873. The summed E-state index contributed by atoms with van der Waals surface area (Å²) < 4.78 is 0. The minimum Gasteiger partial charge on any atom is -0.387 e. The average molecular weight is 488 g/mol. The molecule has 0 radical (unpaired) electrons. The summed E-state index contributed by atoms with van der Waals surface area (Å²) >= 11 is 0. The van der Waals surface area contributed by atoms with Crippen molar-refractivity contribution in [2.75, 3.05) is 6.54 Å². The van der Waals surface area contributed by atoms with E-state index in [4.69, 9.17) is 0 Å². The van der Waals surface area contributed by atoms with Crippen molar-refractivity contribution in [3.63, 3.8) is 0 Å². The zero-order valence-electron chi connectivity index (χ0n) is 21.8. The van der Waals surface area contributed by atoms with Gasteiger partial charge in [-0.1, -0.05) is 103 Å². The molecule has 7 rings (SSSR count). The molecular formula is C37H29N. The van der Waals surface area contributed by atoms with E-state index in [2.05, 4.69) is 134 Å². The topological polar surface area (TPSA) is 12.0 Å². The summed E-state index contributed by atoms with van der Waals surface area (Å²) in [6, 6.07) is 38.1. The van der Waals surface area contributed by atoms with E-state index < -0.39 is 0 Å². The molecule has 0 bridgehead atoms. The average Bonchev–Trinajstić information content (AvgIpc) is 2.97. The first-order valence-corrected chi connectivity index (χ1v) is 13.3. The molecule has 38 heavy (non-hydrogen) atoms. The molecule has 0 unspecified atom stereocenters. The summed E-state index contributed by atoms with van der Waals surface area (Å²) in [6.07, 6.45) is 6.49. The minimum atomic E-state index is 0.873. The summed E-state index contributed by atoms with van der Waals surface area (Å²) in [5.41, 5.74) is 10.4. The lowest BCUT2D eigenvalue weighted by molar-refractivity contribution is 0.975. The Hall–Kier alpha value is -4.62. The van der Waals surface area contributed by atoms with Gasteiger partial charge in [-0.25, -0.2) is 0 Å². The van der Waals surface area contributed by atoms with Gasteiger partial charge in [-0.2, -0.15) is 0 Å². The Labute approximate surface area is 223 Å². The molecule has 1 heteroatoms. The van der Waals surface area contributed by atoms with Crippen LogP contribution in [0.2, 0.25) is 0 Å². The number of fused-ring (bicyclic) bond motifs is 3. The second kappa shape index (κ2) is 9.04. The molecule has 1 heterocycles. The molecule has 1 aliphatic heterocycles. The van der Waals surface area contributed by atoms with Crippen molar-refractivity contribution in [3.8, 4) is 22.3 Å². The molecule has 182 valence electrons. The summed E-state index contributed by atoms with van der Waals surface area (Å²) in [5, 5.41) is 11.0. The summed E-state index contributed by atoms with van der Waals surface area (Å²) in [6.45, 7) is 5.37. The highest BCUT2D eigenvalue weighted by Crippen LogP contribution is 2.45. The van der Waals surface area contributed by atoms with E-state index in [0.29, 0.717) is 0 Å². The lowest BCUT2D eigenvalue weighted by Gasteiger charge is -2.21. The maximum Gasteiger partial charge on any atom is 0.0334 e. The van der Waals surface area contributed by atoms with E-state index >= 15 is 0 Å². The fraction of sp³-hybridized carbons (Fsp3) is 0.0811. The first kappa shape index (κ1) is 22.6. The molecule has 6 aromatic carbocycles. The quantitative estimate of drug-likeness (QED) is 0.245. The van der Waals surface area contributed by atoms with Gasteiger partial charge < -0.3 is 5.32 Å². The highest BCUT2D eigenvalue weighted by molar-refractivity contribution is 6.22. The summed E-state index contributed by atoms with van der Waals surface area (Å²) in [5.74, 6) is 0. The van der Waals surface area contributed by atoms with Crippen molar-refractivity contribution in [2.24, 2.45) is 0 Å². The lowest BCUT2D eigenvalue weighted by Crippen LogP contribution is -2.08. The van der Waals surface area contributed by atoms with Crippen LogP contribution in [0, 0.1) is 13.8 Å². The zero-order chi connectivity index (χ0) is 25.6. The number of allylic oxidation sites excluding steroid dienone is 2. The number of dihydropyridines is 1. The molecule has 0 amide bonds. The molecule has 0 aromatic heterocycles. The van der Waals surface area contributed by atoms with Crippen molar-refractivity contribution >= 4 is 37.9 Å². The third kappa shape index (κ3) is 3.63. The van der Waals surface area contributed by atoms with E-state index in [1.807, 2.05) is 6.20 Å². The van der Waals surface area contributed by atoms with Gasteiger partial charge in [0.2, 0.25) is 0 Å². The molecule has 6 aromatic rings. The van der Waals surface area contributed by atoms with E-state index in [1.165, 1.54) is 76.8 Å². The van der Waals surface area contributed by atoms with Crippen molar-refractivity contribution in [2.45, 2.75) is 13.8 Å². The van der Waals surface area contributed by atoms with Crippen LogP contribution < -0.4 is 5.32 Å². The maximum absolute atomic E-state index is 3.27. The van der Waals surface area contributed by atoms with E-state index in [-0.39, 0.29) is 0 Å². The van der Waals surface area contributed by atoms with Crippen LogP contribution >= 0.6 is 0 Å². The second-order valence-corrected chi connectivity index (χ2v) is 10.3. The monoisotopic (exact) mass is 487 g/mol. The predicted octanol–water partition coefficient (Wildman–Crippen LogP) is 9.60. The molecule has 0 aliphatic carbocycles. The van der Waals surface area contributed by atoms with Crippen molar-refractivity contribution in [1.82, 2.24) is 5.32 Å². The van der Waals surface area contributed by atoms with Gasteiger partial charge in [0, 0.05) is 6.54 Å². The van der Waals surface area contributed by atoms with Gasteiger partial charge in [-0.3, -0.25) is 0 Å². The zero-order valence-corrected chi connectivity index (χ0v) is 21.8. The lowest BCUT2D eigenvalue weighted by atomic mass is 9.83. The van der Waals surface area contributed by atoms with Crippen LogP contribution in [-0.2, 0) is 0 Å². The normalized spacial score (nSPS) is 13.2. The summed E-state index contributed by atoms with van der Waals surface area (Å²) in [7, 11) is 0. The Bertz CT molecular complexity index is 1880. The van der Waals surface area contributed by atoms with Gasteiger partial charge in [0.1, 0.15) is 0 Å². The van der Waals surface area contributed by atoms with Crippen LogP contribution in [0.15, 0.2) is 121 Å². The van der Waals surface area contributed by atoms with Crippen LogP contribution in [0.1, 0.15) is 16.7 Å². The van der Waals surface area contributed by atoms with Crippen LogP contribution in [-0.4, -0.2) is 6.54 Å². The Morgan fingerprint density at radius 2 is 1.13 bits per heavy atom. The van der Waals surface area contributed by atoms with Crippen LogP contribution in [0.4, 0.5) is 0 Å². The van der Waals surface area contributed by atoms with Crippen LogP contribution in [0.25, 0.3) is 60.1 Å². The summed E-state index contributed by atoms with van der Waals surface area (Å²) in [4.78, 5) is 0. The van der Waals surface area contributed by atoms with E-state index in [0.717, 1.165) is 6.54 Å². The fourth-order valence-electron chi connectivity index (χ4n) is 6.12. The SMILES string of the molecule is Cc1cc(-c2c3ccccc3c(-c3ccc4ccccc4c3)c3ccccc23)c(C)cc1C1=CCNC=C1. The van der Waals surface area contributed by atoms with Crippen molar-refractivity contribution in [1.29, 1.82) is 0 Å². The number of hydrogen-bond donors (Lipinski definition) is 1. The number of nitrogens with one attached hydrogen (secondary N) is 1. The van der Waals surface area contributed by atoms with Gasteiger partial charge >= 0.3 is 0 Å². The molecule has 0 saturated carbocycles. The first-order valence-electron chi connectivity index (χ1n) is 13.3. The third-order valence-electron chi connectivity index (χ3n) is 7.94. The molecule has 1 N–H and O–H groups in total. The number of rotatable bonds is 3. The predicted molar refractivity (Wildman–Crippen MR) is 164 cm³/mol. The molecule has 0 atom stereocenters. The van der Waals surface area contributed by atoms with Crippen molar-refractivity contribution < 1.29 is 0 Å². The molecular weight excluding hydrogens is 458 g/mol. The molecule has 0 fully saturated rings. The van der Waals surface area contributed by atoms with Crippen LogP contribution in [0.3, 0.4) is 0 Å². The number of benzene rings is 6. The highest BCUT2D eigenvalue weighted by atomic mass is 14.8. The Balaban J connectivity index is 1.54. The first-order chi connectivity index (χ1) is 18.7. The van der Waals surface area contributed by atoms with Gasteiger partial charge in [0.25, 0.3) is 0 Å². The number of hydrogen-bond acceptors (Lipinski definition) is 1. The van der Waals surface area contributed by atoms with Crippen LogP contribution in [0.5, 0.6) is 0 Å². The molecule has 1 aliphatic rings. The van der Waals surface area contributed by atoms with E-state index in [1.54, 1.807) is 0 Å². The Morgan fingerprint density at radius 3 is 1.79 bits per heavy atom. The van der Waals surface area contributed by atoms with E-state index in [9.17, 15) is 0 Å². The maximum atomic E-state index is 3.27. The van der Waals surface area contributed by atoms with Crippen molar-refractivity contribution in [3.05, 3.63) is 138 Å². The Morgan fingerprint density at radius 1 is 0.553 bits per heavy atom. The van der Waals surface area contributed by atoms with Gasteiger partial charge in [-0.05, 0) is 109 Å².